The second kappa shape index (κ2) is 9.75. The number of rotatable bonds is 7. The number of aromatic amines is 1. The largest absolute Gasteiger partial charge is 0.495 e. The van der Waals surface area contributed by atoms with Crippen molar-refractivity contribution in [2.75, 3.05) is 12.4 Å². The highest BCUT2D eigenvalue weighted by molar-refractivity contribution is 6.32. The third-order valence-corrected chi connectivity index (χ3v) is 5.42. The minimum atomic E-state index is -0.984. The van der Waals surface area contributed by atoms with Crippen molar-refractivity contribution in [3.05, 3.63) is 77.3 Å². The van der Waals surface area contributed by atoms with E-state index in [1.165, 1.54) is 7.11 Å². The summed E-state index contributed by atoms with van der Waals surface area (Å²) in [6.07, 6.45) is -0.684. The summed E-state index contributed by atoms with van der Waals surface area (Å²) in [4.78, 5) is 33.6. The maximum absolute atomic E-state index is 13.0. The Kier molecular flexibility index (Phi) is 6.60. The Hall–Kier alpha value is -3.84. The fourth-order valence-corrected chi connectivity index (χ4v) is 3.69. The molecule has 7 nitrogen and oxygen atoms in total. The Morgan fingerprint density at radius 3 is 2.58 bits per heavy atom. The third kappa shape index (κ3) is 4.83. The normalized spacial score (nSPS) is 11.7. The first-order chi connectivity index (χ1) is 16.0. The molecular weight excluding hydrogens is 442 g/mol. The van der Waals surface area contributed by atoms with Gasteiger partial charge in [0.05, 0.1) is 28.7 Å². The number of carbonyl (C=O) groups excluding carboxylic acids is 2. The maximum Gasteiger partial charge on any atom is 0.339 e. The molecule has 4 aromatic rings. The predicted octanol–water partition coefficient (Wildman–Crippen LogP) is 5.47. The lowest BCUT2D eigenvalue weighted by Crippen LogP contribution is -2.32. The number of hydrogen-bond acceptors (Lipinski definition) is 5. The maximum atomic E-state index is 13.0. The van der Waals surface area contributed by atoms with Crippen molar-refractivity contribution in [2.24, 2.45) is 0 Å². The van der Waals surface area contributed by atoms with Crippen LogP contribution in [0.4, 0.5) is 5.69 Å². The number of imidazole rings is 1. The number of nitrogens with one attached hydrogen (secondary N) is 2. The Morgan fingerprint density at radius 2 is 1.85 bits per heavy atom. The molecule has 1 amide bonds. The van der Waals surface area contributed by atoms with Crippen molar-refractivity contribution < 1.29 is 19.1 Å². The van der Waals surface area contributed by atoms with Gasteiger partial charge < -0.3 is 19.8 Å². The molecule has 1 heterocycles. The zero-order valence-corrected chi connectivity index (χ0v) is 18.8. The number of halogens is 1. The van der Waals surface area contributed by atoms with Crippen LogP contribution in [0.1, 0.15) is 23.7 Å². The van der Waals surface area contributed by atoms with E-state index in [0.29, 0.717) is 39.8 Å². The lowest BCUT2D eigenvalue weighted by Gasteiger charge is -2.17. The van der Waals surface area contributed by atoms with Crippen LogP contribution < -0.4 is 10.1 Å². The van der Waals surface area contributed by atoms with E-state index in [0.717, 1.165) is 11.0 Å². The van der Waals surface area contributed by atoms with Crippen molar-refractivity contribution in [3.8, 4) is 17.1 Å². The van der Waals surface area contributed by atoms with E-state index in [-0.39, 0.29) is 0 Å². The summed E-state index contributed by atoms with van der Waals surface area (Å²) in [7, 11) is 1.51. The molecule has 1 aromatic heterocycles. The molecule has 0 saturated heterocycles. The number of fused-ring (bicyclic) bond motifs is 1. The quantitative estimate of drug-likeness (QED) is 0.355. The van der Waals surface area contributed by atoms with Gasteiger partial charge in [0, 0.05) is 11.3 Å². The van der Waals surface area contributed by atoms with Gasteiger partial charge in [-0.25, -0.2) is 9.78 Å². The lowest BCUT2D eigenvalue weighted by atomic mass is 10.1. The fourth-order valence-electron chi connectivity index (χ4n) is 3.43. The van der Waals surface area contributed by atoms with Gasteiger partial charge in [0.15, 0.2) is 6.10 Å². The zero-order chi connectivity index (χ0) is 23.4. The molecule has 0 radical (unpaired) electrons. The first-order valence-corrected chi connectivity index (χ1v) is 10.8. The number of esters is 1. The number of H-pyrrole nitrogens is 1. The van der Waals surface area contributed by atoms with Crippen LogP contribution >= 0.6 is 11.6 Å². The van der Waals surface area contributed by atoms with Crippen molar-refractivity contribution in [3.63, 3.8) is 0 Å². The van der Waals surface area contributed by atoms with Gasteiger partial charge in [-0.05, 0) is 42.8 Å². The Bertz CT molecular complexity index is 1290. The van der Waals surface area contributed by atoms with E-state index < -0.39 is 18.0 Å². The summed E-state index contributed by atoms with van der Waals surface area (Å²) in [5, 5.41) is 3.09. The second-order valence-electron chi connectivity index (χ2n) is 7.29. The highest BCUT2D eigenvalue weighted by Gasteiger charge is 2.24. The molecule has 0 aliphatic carbocycles. The molecule has 0 fully saturated rings. The molecule has 0 aliphatic rings. The lowest BCUT2D eigenvalue weighted by molar-refractivity contribution is -0.124. The number of hydrogen-bond donors (Lipinski definition) is 2. The van der Waals surface area contributed by atoms with Crippen LogP contribution in [-0.4, -0.2) is 35.1 Å². The van der Waals surface area contributed by atoms with Crippen LogP contribution in [0.5, 0.6) is 5.75 Å². The molecule has 4 rings (SSSR count). The van der Waals surface area contributed by atoms with E-state index in [1.807, 2.05) is 30.3 Å². The highest BCUT2D eigenvalue weighted by atomic mass is 35.5. The Labute approximate surface area is 195 Å². The van der Waals surface area contributed by atoms with Crippen LogP contribution in [0, 0.1) is 0 Å². The zero-order valence-electron chi connectivity index (χ0n) is 18.1. The van der Waals surface area contributed by atoms with Crippen LogP contribution in [0.15, 0.2) is 66.7 Å². The minimum Gasteiger partial charge on any atom is -0.495 e. The second-order valence-corrected chi connectivity index (χ2v) is 7.70. The Balaban J connectivity index is 1.53. The minimum absolute atomic E-state index is 0.300. The molecule has 0 spiro atoms. The van der Waals surface area contributed by atoms with Gasteiger partial charge in [-0.2, -0.15) is 0 Å². The van der Waals surface area contributed by atoms with Gasteiger partial charge in [-0.15, -0.1) is 0 Å². The summed E-state index contributed by atoms with van der Waals surface area (Å²) in [5.41, 5.74) is 3.04. The molecule has 3 aromatic carbocycles. The number of benzene rings is 3. The number of methoxy groups -OCH3 is 1. The van der Waals surface area contributed by atoms with Crippen molar-refractivity contribution in [2.45, 2.75) is 19.4 Å². The molecule has 1 unspecified atom stereocenters. The monoisotopic (exact) mass is 463 g/mol. The van der Waals surface area contributed by atoms with Crippen molar-refractivity contribution in [1.82, 2.24) is 9.97 Å². The van der Waals surface area contributed by atoms with Gasteiger partial charge in [0.1, 0.15) is 11.6 Å². The van der Waals surface area contributed by atoms with Gasteiger partial charge in [0.25, 0.3) is 5.91 Å². The first kappa shape index (κ1) is 22.4. The first-order valence-electron chi connectivity index (χ1n) is 10.4. The summed E-state index contributed by atoms with van der Waals surface area (Å²) >= 11 is 6.13. The summed E-state index contributed by atoms with van der Waals surface area (Å²) in [6.45, 7) is 1.77. The van der Waals surface area contributed by atoms with Crippen LogP contribution in [0.25, 0.3) is 22.4 Å². The highest BCUT2D eigenvalue weighted by Crippen LogP contribution is 2.28. The van der Waals surface area contributed by atoms with E-state index in [9.17, 15) is 9.59 Å². The molecule has 0 aliphatic heterocycles. The SMILES string of the molecule is CCC(OC(=O)c1ccccc1-c1nc2ccccc2[nH]1)C(=O)Nc1ccc(OC)c(Cl)c1. The van der Waals surface area contributed by atoms with Gasteiger partial charge in [-0.3, -0.25) is 4.79 Å². The average Bonchev–Trinajstić information content (AvgIpc) is 3.26. The topological polar surface area (TPSA) is 93.3 Å². The van der Waals surface area contributed by atoms with E-state index >= 15 is 0 Å². The standard InChI is InChI=1S/C25H22ClN3O4/c1-3-21(24(30)27-15-12-13-22(32-2)18(26)14-15)33-25(31)17-9-5-4-8-16(17)23-28-19-10-6-7-11-20(19)29-23/h4-14,21H,3H2,1-2H3,(H,27,30)(H,28,29). The van der Waals surface area contributed by atoms with E-state index in [2.05, 4.69) is 15.3 Å². The Morgan fingerprint density at radius 1 is 1.09 bits per heavy atom. The molecule has 33 heavy (non-hydrogen) atoms. The number of anilines is 1. The molecular formula is C25H22ClN3O4. The fraction of sp³-hybridized carbons (Fsp3) is 0.160. The molecule has 1 atom stereocenters. The number of carbonyl (C=O) groups is 2. The number of amides is 1. The number of aromatic nitrogens is 2. The summed E-state index contributed by atoms with van der Waals surface area (Å²) < 4.78 is 10.7. The summed E-state index contributed by atoms with van der Waals surface area (Å²) in [5.74, 6) is -0.0152. The molecule has 0 bridgehead atoms. The van der Waals surface area contributed by atoms with E-state index in [4.69, 9.17) is 21.1 Å². The van der Waals surface area contributed by atoms with Crippen molar-refractivity contribution >= 4 is 40.2 Å². The van der Waals surface area contributed by atoms with Crippen LogP contribution in [0.3, 0.4) is 0 Å². The molecule has 168 valence electrons. The molecule has 8 heteroatoms. The number of nitrogens with zero attached hydrogens (tertiary/aromatic N) is 1. The summed E-state index contributed by atoms with van der Waals surface area (Å²) in [6, 6.07) is 19.5. The average molecular weight is 464 g/mol. The number of ether oxygens (including phenoxy) is 2. The molecule has 2 N–H and O–H groups in total. The van der Waals surface area contributed by atoms with Gasteiger partial charge in [-0.1, -0.05) is 48.9 Å². The number of para-hydroxylation sites is 2. The third-order valence-electron chi connectivity index (χ3n) is 5.12. The van der Waals surface area contributed by atoms with Crippen LogP contribution in [-0.2, 0) is 9.53 Å². The van der Waals surface area contributed by atoms with Crippen molar-refractivity contribution in [1.29, 1.82) is 0 Å². The molecule has 0 saturated carbocycles. The van der Waals surface area contributed by atoms with Gasteiger partial charge >= 0.3 is 5.97 Å². The van der Waals surface area contributed by atoms with Gasteiger partial charge in [0.2, 0.25) is 0 Å². The predicted molar refractivity (Wildman–Crippen MR) is 128 cm³/mol. The smallest absolute Gasteiger partial charge is 0.339 e. The van der Waals surface area contributed by atoms with Crippen LogP contribution in [0.2, 0.25) is 5.02 Å². The van der Waals surface area contributed by atoms with E-state index in [1.54, 1.807) is 43.3 Å².